The van der Waals surface area contributed by atoms with Crippen molar-refractivity contribution < 1.29 is 14.3 Å². The fourth-order valence-electron chi connectivity index (χ4n) is 4.09. The van der Waals surface area contributed by atoms with Crippen molar-refractivity contribution in [3.8, 4) is 0 Å². The molecule has 1 amide bonds. The lowest BCUT2D eigenvalue weighted by Gasteiger charge is -2.36. The second kappa shape index (κ2) is 5.78. The molecule has 24 heavy (non-hydrogen) atoms. The fraction of sp³-hybridized carbons (Fsp3) is 0.778. The minimum Gasteiger partial charge on any atom is -0.383 e. The SMILES string of the molecule is COCCn1c(C)c(C)sc1=NC(=O)[C@]12CC[C@](C)(CO1)C2(C)C. The Morgan fingerprint density at radius 3 is 2.54 bits per heavy atom. The Bertz CT molecular complexity index is 721. The van der Waals surface area contributed by atoms with Gasteiger partial charge in [-0.15, -0.1) is 11.3 Å². The molecule has 5 nitrogen and oxygen atoms in total. The number of thiazole rings is 1. The molecule has 2 atom stereocenters. The van der Waals surface area contributed by atoms with Gasteiger partial charge in [0, 0.05) is 29.6 Å². The summed E-state index contributed by atoms with van der Waals surface area (Å²) < 4.78 is 13.4. The lowest BCUT2D eigenvalue weighted by molar-refractivity contribution is -0.146. The normalized spacial score (nSPS) is 31.8. The summed E-state index contributed by atoms with van der Waals surface area (Å²) in [5, 5.41) is 0. The van der Waals surface area contributed by atoms with E-state index in [2.05, 4.69) is 44.2 Å². The molecule has 2 fully saturated rings. The molecule has 1 saturated heterocycles. The summed E-state index contributed by atoms with van der Waals surface area (Å²) in [6.45, 7) is 12.6. The van der Waals surface area contributed by atoms with E-state index < -0.39 is 5.60 Å². The van der Waals surface area contributed by atoms with Crippen LogP contribution in [0.15, 0.2) is 4.99 Å². The molecule has 1 aromatic rings. The Kier molecular flexibility index (Phi) is 4.30. The Hall–Kier alpha value is -0.980. The number of hydrogen-bond donors (Lipinski definition) is 0. The molecule has 1 aliphatic carbocycles. The molecule has 2 aliphatic rings. The van der Waals surface area contributed by atoms with Gasteiger partial charge in [-0.1, -0.05) is 20.8 Å². The van der Waals surface area contributed by atoms with Crippen LogP contribution < -0.4 is 4.80 Å². The quantitative estimate of drug-likeness (QED) is 0.837. The van der Waals surface area contributed by atoms with Gasteiger partial charge in [0.1, 0.15) is 0 Å². The number of nitrogens with zero attached hydrogens (tertiary/aromatic N) is 2. The standard InChI is InChI=1S/C18H28N2O3S/c1-12-13(2)24-15(20(12)9-10-22-6)19-14(21)18-8-7-17(5,11-23-18)16(18,3)4/h7-11H2,1-6H3/t17-,18+/m1/s1. The van der Waals surface area contributed by atoms with Crippen molar-refractivity contribution in [2.24, 2.45) is 15.8 Å². The topological polar surface area (TPSA) is 52.8 Å². The summed E-state index contributed by atoms with van der Waals surface area (Å²) >= 11 is 1.56. The van der Waals surface area contributed by atoms with Crippen molar-refractivity contribution >= 4 is 17.2 Å². The van der Waals surface area contributed by atoms with Crippen LogP contribution in [0.2, 0.25) is 0 Å². The van der Waals surface area contributed by atoms with Gasteiger partial charge in [0.15, 0.2) is 10.4 Å². The van der Waals surface area contributed by atoms with Crippen molar-refractivity contribution in [2.75, 3.05) is 20.3 Å². The van der Waals surface area contributed by atoms with Gasteiger partial charge in [0.25, 0.3) is 5.91 Å². The van der Waals surface area contributed by atoms with Gasteiger partial charge in [0.2, 0.25) is 0 Å². The van der Waals surface area contributed by atoms with Crippen molar-refractivity contribution in [3.05, 3.63) is 15.4 Å². The van der Waals surface area contributed by atoms with Gasteiger partial charge in [0.05, 0.1) is 13.2 Å². The largest absolute Gasteiger partial charge is 0.383 e. The molecule has 0 N–H and O–H groups in total. The van der Waals surface area contributed by atoms with Crippen LogP contribution in [0.25, 0.3) is 0 Å². The highest BCUT2D eigenvalue weighted by Gasteiger charge is 2.70. The van der Waals surface area contributed by atoms with Gasteiger partial charge in [-0.05, 0) is 32.1 Å². The predicted octanol–water partition coefficient (Wildman–Crippen LogP) is 2.84. The Labute approximate surface area is 147 Å². The van der Waals surface area contributed by atoms with Crippen LogP contribution in [-0.2, 0) is 20.8 Å². The molecule has 3 rings (SSSR count). The summed E-state index contributed by atoms with van der Waals surface area (Å²) in [5.74, 6) is -0.124. The Morgan fingerprint density at radius 2 is 2.04 bits per heavy atom. The smallest absolute Gasteiger partial charge is 0.281 e. The minimum absolute atomic E-state index is 0.0610. The van der Waals surface area contributed by atoms with E-state index in [0.717, 1.165) is 23.3 Å². The molecule has 0 spiro atoms. The van der Waals surface area contributed by atoms with Gasteiger partial charge in [-0.25, -0.2) is 0 Å². The molecule has 0 unspecified atom stereocenters. The van der Waals surface area contributed by atoms with Gasteiger partial charge >= 0.3 is 0 Å². The van der Waals surface area contributed by atoms with E-state index in [0.29, 0.717) is 19.8 Å². The maximum atomic E-state index is 13.2. The highest BCUT2D eigenvalue weighted by atomic mass is 32.1. The van der Waals surface area contributed by atoms with Crippen LogP contribution in [-0.4, -0.2) is 36.4 Å². The number of ether oxygens (including phenoxy) is 2. The third kappa shape index (κ3) is 2.26. The van der Waals surface area contributed by atoms with Crippen LogP contribution in [0.4, 0.5) is 0 Å². The third-order valence-corrected chi connectivity index (χ3v) is 7.73. The first kappa shape index (κ1) is 17.8. The van der Waals surface area contributed by atoms with E-state index in [4.69, 9.17) is 9.47 Å². The third-order valence-electron chi connectivity index (χ3n) is 6.64. The lowest BCUT2D eigenvalue weighted by atomic mass is 9.66. The average Bonchev–Trinajstić information content (AvgIpc) is 2.99. The highest BCUT2D eigenvalue weighted by Crippen LogP contribution is 2.65. The highest BCUT2D eigenvalue weighted by molar-refractivity contribution is 7.09. The number of carbonyl (C=O) groups is 1. The van der Waals surface area contributed by atoms with Crippen LogP contribution in [0, 0.1) is 24.7 Å². The maximum Gasteiger partial charge on any atom is 0.281 e. The minimum atomic E-state index is -0.771. The molecule has 0 radical (unpaired) electrons. The second-order valence-corrected chi connectivity index (χ2v) is 9.07. The molecule has 6 heteroatoms. The van der Waals surface area contributed by atoms with Crippen molar-refractivity contribution in [2.45, 2.75) is 59.6 Å². The molecule has 1 saturated carbocycles. The van der Waals surface area contributed by atoms with E-state index in [1.807, 2.05) is 0 Å². The average molecular weight is 353 g/mol. The molecule has 1 aliphatic heterocycles. The lowest BCUT2D eigenvalue weighted by Crippen LogP contribution is -2.47. The van der Waals surface area contributed by atoms with E-state index in [-0.39, 0.29) is 16.7 Å². The second-order valence-electron chi connectivity index (χ2n) is 7.89. The van der Waals surface area contributed by atoms with Crippen molar-refractivity contribution in [3.63, 3.8) is 0 Å². The number of aryl methyl sites for hydroxylation is 1. The van der Waals surface area contributed by atoms with E-state index in [1.165, 1.54) is 4.88 Å². The summed E-state index contributed by atoms with van der Waals surface area (Å²) in [6, 6.07) is 0. The van der Waals surface area contributed by atoms with Crippen molar-refractivity contribution in [1.29, 1.82) is 0 Å². The summed E-state index contributed by atoms with van der Waals surface area (Å²) in [6.07, 6.45) is 1.79. The van der Waals surface area contributed by atoms with Crippen molar-refractivity contribution in [1.82, 2.24) is 4.57 Å². The molecule has 2 heterocycles. The number of amides is 1. The Morgan fingerprint density at radius 1 is 1.33 bits per heavy atom. The molecular formula is C18H28N2O3S. The molecule has 134 valence electrons. The number of rotatable bonds is 4. The maximum absolute atomic E-state index is 13.2. The number of methoxy groups -OCH3 is 1. The first-order valence-corrected chi connectivity index (χ1v) is 9.39. The molecular weight excluding hydrogens is 324 g/mol. The zero-order valence-corrected chi connectivity index (χ0v) is 16.4. The molecule has 2 bridgehead atoms. The van der Waals surface area contributed by atoms with Gasteiger partial charge in [-0.2, -0.15) is 4.99 Å². The van der Waals surface area contributed by atoms with Crippen LogP contribution >= 0.6 is 11.3 Å². The summed E-state index contributed by atoms with van der Waals surface area (Å²) in [5.41, 5.74) is 0.237. The monoisotopic (exact) mass is 352 g/mol. The van der Waals surface area contributed by atoms with E-state index in [9.17, 15) is 4.79 Å². The predicted molar refractivity (Wildman–Crippen MR) is 94.0 cm³/mol. The van der Waals surface area contributed by atoms with Gasteiger partial charge < -0.3 is 14.0 Å². The van der Waals surface area contributed by atoms with Gasteiger partial charge in [-0.3, -0.25) is 4.79 Å². The zero-order valence-electron chi connectivity index (χ0n) is 15.6. The number of hydrogen-bond acceptors (Lipinski definition) is 4. The Balaban J connectivity index is 2.01. The summed E-state index contributed by atoms with van der Waals surface area (Å²) in [4.78, 5) is 19.6. The zero-order chi connectivity index (χ0) is 17.8. The first-order valence-electron chi connectivity index (χ1n) is 8.57. The fourth-order valence-corrected chi connectivity index (χ4v) is 5.09. The van der Waals surface area contributed by atoms with Crippen LogP contribution in [0.3, 0.4) is 0 Å². The molecule has 0 aromatic carbocycles. The van der Waals surface area contributed by atoms with Crippen LogP contribution in [0.1, 0.15) is 44.2 Å². The number of carbonyl (C=O) groups excluding carboxylic acids is 1. The molecule has 1 aromatic heterocycles. The van der Waals surface area contributed by atoms with Crippen LogP contribution in [0.5, 0.6) is 0 Å². The first-order chi connectivity index (χ1) is 11.2. The van der Waals surface area contributed by atoms with E-state index in [1.54, 1.807) is 18.4 Å². The number of fused-ring (bicyclic) bond motifs is 2. The summed E-state index contributed by atoms with van der Waals surface area (Å²) in [7, 11) is 1.68. The van der Waals surface area contributed by atoms with E-state index >= 15 is 0 Å². The number of aromatic nitrogens is 1.